The molecule has 0 aliphatic rings. The lowest BCUT2D eigenvalue weighted by Crippen LogP contribution is -2.26. The highest BCUT2D eigenvalue weighted by molar-refractivity contribution is 5.74. The summed E-state index contributed by atoms with van der Waals surface area (Å²) in [6, 6.07) is 16.5. The van der Waals surface area contributed by atoms with Gasteiger partial charge in [0.15, 0.2) is 0 Å². The molecule has 0 heterocycles. The third kappa shape index (κ3) is 3.67. The van der Waals surface area contributed by atoms with Crippen LogP contribution >= 0.6 is 0 Å². The fraction of sp³-hybridized carbons (Fsp3) is 0.167. The molecule has 114 valence electrons. The van der Waals surface area contributed by atoms with Crippen LogP contribution in [0.2, 0.25) is 0 Å². The van der Waals surface area contributed by atoms with Crippen molar-refractivity contribution in [1.82, 2.24) is 0 Å². The molecule has 0 aromatic heterocycles. The molecule has 0 unspecified atom stereocenters. The molecular formula is C18H19NO3. The second-order valence-electron chi connectivity index (χ2n) is 4.86. The molecule has 0 amide bonds. The quantitative estimate of drug-likeness (QED) is 0.764. The number of rotatable bonds is 7. The van der Waals surface area contributed by atoms with E-state index in [4.69, 9.17) is 4.74 Å². The lowest BCUT2D eigenvalue weighted by molar-refractivity contribution is -0.140. The summed E-state index contributed by atoms with van der Waals surface area (Å²) in [5.74, 6) is -0.894. The molecule has 2 rings (SSSR count). The molecule has 0 saturated carbocycles. The molecule has 0 aliphatic heterocycles. The van der Waals surface area contributed by atoms with E-state index in [2.05, 4.69) is 11.9 Å². The Labute approximate surface area is 130 Å². The zero-order valence-corrected chi connectivity index (χ0v) is 12.4. The van der Waals surface area contributed by atoms with Crippen molar-refractivity contribution < 1.29 is 14.6 Å². The molecule has 0 saturated heterocycles. The average Bonchev–Trinajstić information content (AvgIpc) is 2.55. The third-order valence-corrected chi connectivity index (χ3v) is 3.47. The van der Waals surface area contributed by atoms with Crippen molar-refractivity contribution in [2.75, 3.05) is 12.4 Å². The minimum atomic E-state index is -0.912. The molecule has 0 bridgehead atoms. The molecule has 2 N–H and O–H groups in total. The molecule has 4 nitrogen and oxygen atoms in total. The molecule has 22 heavy (non-hydrogen) atoms. The monoisotopic (exact) mass is 297 g/mol. The minimum absolute atomic E-state index is 0.399. The summed E-state index contributed by atoms with van der Waals surface area (Å²) in [5, 5.41) is 12.7. The number of nitrogens with one attached hydrogen (secondary N) is 1. The SMILES string of the molecule is C=C[C@@H](C(=O)O)[C@H](Nc1ccc(OC)cc1)c1ccccc1. The van der Waals surface area contributed by atoms with E-state index in [-0.39, 0.29) is 0 Å². The van der Waals surface area contributed by atoms with E-state index >= 15 is 0 Å². The van der Waals surface area contributed by atoms with Crippen LogP contribution in [-0.2, 0) is 4.79 Å². The van der Waals surface area contributed by atoms with E-state index in [1.165, 1.54) is 6.08 Å². The highest BCUT2D eigenvalue weighted by Gasteiger charge is 2.26. The fourth-order valence-electron chi connectivity index (χ4n) is 2.29. The molecule has 2 atom stereocenters. The number of carboxylic acids is 1. The highest BCUT2D eigenvalue weighted by Crippen LogP contribution is 2.28. The predicted octanol–water partition coefficient (Wildman–Crippen LogP) is 3.74. The maximum Gasteiger partial charge on any atom is 0.312 e. The number of hydrogen-bond acceptors (Lipinski definition) is 3. The smallest absolute Gasteiger partial charge is 0.312 e. The second-order valence-corrected chi connectivity index (χ2v) is 4.86. The molecule has 2 aromatic carbocycles. The summed E-state index contributed by atoms with van der Waals surface area (Å²) in [6.45, 7) is 3.66. The maximum atomic E-state index is 11.5. The Morgan fingerprint density at radius 1 is 1.18 bits per heavy atom. The van der Waals surface area contributed by atoms with Crippen molar-refractivity contribution in [3.63, 3.8) is 0 Å². The van der Waals surface area contributed by atoms with Crippen LogP contribution < -0.4 is 10.1 Å². The zero-order chi connectivity index (χ0) is 15.9. The minimum Gasteiger partial charge on any atom is -0.497 e. The van der Waals surface area contributed by atoms with Gasteiger partial charge in [0.25, 0.3) is 0 Å². The van der Waals surface area contributed by atoms with E-state index < -0.39 is 17.9 Å². The van der Waals surface area contributed by atoms with Crippen LogP contribution in [-0.4, -0.2) is 18.2 Å². The summed E-state index contributed by atoms with van der Waals surface area (Å²) >= 11 is 0. The van der Waals surface area contributed by atoms with Crippen molar-refractivity contribution in [3.8, 4) is 5.75 Å². The summed E-state index contributed by atoms with van der Waals surface area (Å²) < 4.78 is 5.13. The summed E-state index contributed by atoms with van der Waals surface area (Å²) in [6.07, 6.45) is 1.45. The molecule has 4 heteroatoms. The summed E-state index contributed by atoms with van der Waals surface area (Å²) in [7, 11) is 1.60. The van der Waals surface area contributed by atoms with E-state index in [0.717, 1.165) is 17.0 Å². The van der Waals surface area contributed by atoms with E-state index in [1.807, 2.05) is 54.6 Å². The van der Waals surface area contributed by atoms with Gasteiger partial charge in [-0.3, -0.25) is 4.79 Å². The van der Waals surface area contributed by atoms with Crippen molar-refractivity contribution >= 4 is 11.7 Å². The normalized spacial score (nSPS) is 13.0. The van der Waals surface area contributed by atoms with Crippen LogP contribution in [0.15, 0.2) is 67.3 Å². The first-order valence-electron chi connectivity index (χ1n) is 6.96. The zero-order valence-electron chi connectivity index (χ0n) is 12.4. The molecular weight excluding hydrogens is 278 g/mol. The predicted molar refractivity (Wildman–Crippen MR) is 87.1 cm³/mol. The summed E-state index contributed by atoms with van der Waals surface area (Å²) in [5.41, 5.74) is 1.72. The Morgan fingerprint density at radius 2 is 1.82 bits per heavy atom. The van der Waals surface area contributed by atoms with Crippen LogP contribution in [0, 0.1) is 5.92 Å². The highest BCUT2D eigenvalue weighted by atomic mass is 16.5. The first-order chi connectivity index (χ1) is 10.7. The van der Waals surface area contributed by atoms with Crippen LogP contribution in [0.1, 0.15) is 11.6 Å². The van der Waals surface area contributed by atoms with Gasteiger partial charge in [-0.05, 0) is 29.8 Å². The Kier molecular flexibility index (Phi) is 5.20. The lowest BCUT2D eigenvalue weighted by Gasteiger charge is -2.24. The van der Waals surface area contributed by atoms with Gasteiger partial charge < -0.3 is 15.2 Å². The van der Waals surface area contributed by atoms with E-state index in [0.29, 0.717) is 0 Å². The fourth-order valence-corrected chi connectivity index (χ4v) is 2.29. The topological polar surface area (TPSA) is 58.6 Å². The summed E-state index contributed by atoms with van der Waals surface area (Å²) in [4.78, 5) is 11.5. The van der Waals surface area contributed by atoms with Gasteiger partial charge in [0.05, 0.1) is 19.1 Å². The first-order valence-corrected chi connectivity index (χ1v) is 6.96. The number of hydrogen-bond donors (Lipinski definition) is 2. The Bertz CT molecular complexity index is 623. The third-order valence-electron chi connectivity index (χ3n) is 3.47. The van der Waals surface area contributed by atoms with Crippen LogP contribution in [0.5, 0.6) is 5.75 Å². The van der Waals surface area contributed by atoms with Crippen LogP contribution in [0.3, 0.4) is 0 Å². The van der Waals surface area contributed by atoms with Gasteiger partial charge in [0, 0.05) is 5.69 Å². The van der Waals surface area contributed by atoms with Crippen LogP contribution in [0.25, 0.3) is 0 Å². The Balaban J connectivity index is 2.31. The first kappa shape index (κ1) is 15.6. The van der Waals surface area contributed by atoms with Gasteiger partial charge in [-0.2, -0.15) is 0 Å². The van der Waals surface area contributed by atoms with E-state index in [9.17, 15) is 9.90 Å². The van der Waals surface area contributed by atoms with Crippen molar-refractivity contribution in [2.45, 2.75) is 6.04 Å². The molecule has 2 aromatic rings. The van der Waals surface area contributed by atoms with Gasteiger partial charge in [0.2, 0.25) is 0 Å². The molecule has 0 aliphatic carbocycles. The van der Waals surface area contributed by atoms with E-state index in [1.54, 1.807) is 7.11 Å². The van der Waals surface area contributed by atoms with Gasteiger partial charge >= 0.3 is 5.97 Å². The number of anilines is 1. The molecule has 0 radical (unpaired) electrons. The number of carboxylic acid groups (broad SMARTS) is 1. The average molecular weight is 297 g/mol. The molecule has 0 fully saturated rings. The maximum absolute atomic E-state index is 11.5. The molecule has 0 spiro atoms. The van der Waals surface area contributed by atoms with Gasteiger partial charge in [-0.25, -0.2) is 0 Å². The number of aliphatic carboxylic acids is 1. The van der Waals surface area contributed by atoms with Crippen molar-refractivity contribution in [3.05, 3.63) is 72.8 Å². The Morgan fingerprint density at radius 3 is 2.32 bits per heavy atom. The number of carbonyl (C=O) groups is 1. The van der Waals surface area contributed by atoms with Gasteiger partial charge in [0.1, 0.15) is 5.75 Å². The Hall–Kier alpha value is -2.75. The largest absolute Gasteiger partial charge is 0.497 e. The lowest BCUT2D eigenvalue weighted by atomic mass is 9.92. The van der Waals surface area contributed by atoms with Gasteiger partial charge in [-0.1, -0.05) is 36.4 Å². The number of benzene rings is 2. The van der Waals surface area contributed by atoms with Crippen molar-refractivity contribution in [1.29, 1.82) is 0 Å². The number of ether oxygens (including phenoxy) is 1. The van der Waals surface area contributed by atoms with Gasteiger partial charge in [-0.15, -0.1) is 6.58 Å². The standard InChI is InChI=1S/C18H19NO3/c1-3-16(18(20)21)17(13-7-5-4-6-8-13)19-14-9-11-15(22-2)12-10-14/h3-12,16-17,19H,1H2,2H3,(H,20,21)/t16-,17-/m1/s1. The number of methoxy groups -OCH3 is 1. The second kappa shape index (κ2) is 7.31. The van der Waals surface area contributed by atoms with Crippen LogP contribution in [0.4, 0.5) is 5.69 Å². The van der Waals surface area contributed by atoms with Crippen molar-refractivity contribution in [2.24, 2.45) is 5.92 Å².